The van der Waals surface area contributed by atoms with E-state index in [-0.39, 0.29) is 5.56 Å². The van der Waals surface area contributed by atoms with Gasteiger partial charge in [-0.3, -0.25) is 9.36 Å². The molecule has 3 rings (SSSR count). The first-order chi connectivity index (χ1) is 11.5. The lowest BCUT2D eigenvalue weighted by Crippen LogP contribution is -2.44. The SMILES string of the molecule is CCn1c(N2CCNCC2)nc2nc(SCC(C)C)n(C)c(=O)c21. The molecule has 1 fully saturated rings. The van der Waals surface area contributed by atoms with Gasteiger partial charge in [-0.1, -0.05) is 25.6 Å². The number of anilines is 1. The molecule has 0 bridgehead atoms. The molecule has 0 saturated carbocycles. The fourth-order valence-corrected chi connectivity index (χ4v) is 3.82. The molecule has 24 heavy (non-hydrogen) atoms. The first-order valence-electron chi connectivity index (χ1n) is 8.58. The van der Waals surface area contributed by atoms with Crippen molar-refractivity contribution in [2.75, 3.05) is 36.8 Å². The van der Waals surface area contributed by atoms with E-state index in [2.05, 4.69) is 29.0 Å². The summed E-state index contributed by atoms with van der Waals surface area (Å²) in [6.07, 6.45) is 0. The molecule has 0 spiro atoms. The first-order valence-corrected chi connectivity index (χ1v) is 9.57. The zero-order valence-corrected chi connectivity index (χ0v) is 15.7. The van der Waals surface area contributed by atoms with E-state index in [1.807, 2.05) is 11.5 Å². The summed E-state index contributed by atoms with van der Waals surface area (Å²) in [5.41, 5.74) is 1.17. The Kier molecular flexibility index (Phi) is 5.15. The van der Waals surface area contributed by atoms with Crippen molar-refractivity contribution >= 4 is 28.9 Å². The summed E-state index contributed by atoms with van der Waals surface area (Å²) in [4.78, 5) is 24.5. The van der Waals surface area contributed by atoms with Crippen LogP contribution in [-0.4, -0.2) is 51.0 Å². The molecule has 0 amide bonds. The summed E-state index contributed by atoms with van der Waals surface area (Å²) in [6, 6.07) is 0. The van der Waals surface area contributed by atoms with Crippen LogP contribution in [-0.2, 0) is 13.6 Å². The van der Waals surface area contributed by atoms with Crippen molar-refractivity contribution in [3.63, 3.8) is 0 Å². The van der Waals surface area contributed by atoms with Gasteiger partial charge in [0.25, 0.3) is 5.56 Å². The Morgan fingerprint density at radius 1 is 1.25 bits per heavy atom. The molecular formula is C16H26N6OS. The standard InChI is InChI=1S/C16H26N6OS/c1-5-22-12-13(18-15(22)21-8-6-17-7-9-21)19-16(20(4)14(12)23)24-10-11(2)3/h11,17H,5-10H2,1-4H3. The minimum absolute atomic E-state index is 0.0120. The van der Waals surface area contributed by atoms with Crippen molar-refractivity contribution in [3.8, 4) is 0 Å². The van der Waals surface area contributed by atoms with Crippen molar-refractivity contribution in [1.29, 1.82) is 0 Å². The Morgan fingerprint density at radius 2 is 1.96 bits per heavy atom. The number of thioether (sulfide) groups is 1. The van der Waals surface area contributed by atoms with Gasteiger partial charge in [0, 0.05) is 45.5 Å². The number of aromatic nitrogens is 4. The molecule has 0 atom stereocenters. The molecule has 1 saturated heterocycles. The minimum Gasteiger partial charge on any atom is -0.340 e. The third-order valence-electron chi connectivity index (χ3n) is 4.19. The average molecular weight is 350 g/mol. The zero-order chi connectivity index (χ0) is 17.3. The van der Waals surface area contributed by atoms with Crippen LogP contribution >= 0.6 is 11.8 Å². The van der Waals surface area contributed by atoms with Gasteiger partial charge in [0.2, 0.25) is 5.95 Å². The molecule has 0 aliphatic carbocycles. The van der Waals surface area contributed by atoms with Crippen LogP contribution in [0.2, 0.25) is 0 Å². The van der Waals surface area contributed by atoms with Gasteiger partial charge in [-0.05, 0) is 12.8 Å². The van der Waals surface area contributed by atoms with Gasteiger partial charge in [0.15, 0.2) is 16.3 Å². The topological polar surface area (TPSA) is 68.0 Å². The predicted molar refractivity (Wildman–Crippen MR) is 99.1 cm³/mol. The third kappa shape index (κ3) is 3.17. The fourth-order valence-electron chi connectivity index (χ4n) is 2.91. The van der Waals surface area contributed by atoms with Crippen LogP contribution in [0.25, 0.3) is 11.2 Å². The lowest BCUT2D eigenvalue weighted by molar-refractivity contribution is 0.569. The van der Waals surface area contributed by atoms with E-state index in [4.69, 9.17) is 4.98 Å². The second kappa shape index (κ2) is 7.14. The summed E-state index contributed by atoms with van der Waals surface area (Å²) in [6.45, 7) is 10.8. The average Bonchev–Trinajstić information content (AvgIpc) is 2.96. The normalized spacial score (nSPS) is 15.6. The third-order valence-corrected chi connectivity index (χ3v) is 5.64. The van der Waals surface area contributed by atoms with Crippen molar-refractivity contribution in [2.24, 2.45) is 13.0 Å². The number of aryl methyl sites for hydroxylation is 1. The molecule has 0 aromatic carbocycles. The maximum atomic E-state index is 12.9. The van der Waals surface area contributed by atoms with E-state index in [1.54, 1.807) is 23.4 Å². The largest absolute Gasteiger partial charge is 0.340 e. The van der Waals surface area contributed by atoms with Crippen LogP contribution in [0.15, 0.2) is 9.95 Å². The molecule has 1 aliphatic heterocycles. The van der Waals surface area contributed by atoms with Crippen molar-refractivity contribution in [3.05, 3.63) is 10.4 Å². The molecule has 1 aliphatic rings. The summed E-state index contributed by atoms with van der Waals surface area (Å²) >= 11 is 1.62. The number of imidazole rings is 1. The Hall–Kier alpha value is -1.54. The van der Waals surface area contributed by atoms with E-state index in [1.165, 1.54) is 0 Å². The molecule has 2 aromatic heterocycles. The molecule has 0 radical (unpaired) electrons. The summed E-state index contributed by atoms with van der Waals surface area (Å²) in [7, 11) is 1.80. The molecule has 8 heteroatoms. The molecular weight excluding hydrogens is 324 g/mol. The van der Waals surface area contributed by atoms with Gasteiger partial charge in [-0.2, -0.15) is 4.98 Å². The highest BCUT2D eigenvalue weighted by atomic mass is 32.2. The van der Waals surface area contributed by atoms with Gasteiger partial charge in [-0.15, -0.1) is 0 Å². The van der Waals surface area contributed by atoms with Crippen LogP contribution in [0.4, 0.5) is 5.95 Å². The smallest absolute Gasteiger partial charge is 0.280 e. The van der Waals surface area contributed by atoms with Gasteiger partial charge in [0.1, 0.15) is 0 Å². The molecule has 3 heterocycles. The van der Waals surface area contributed by atoms with E-state index in [9.17, 15) is 4.79 Å². The molecule has 7 nitrogen and oxygen atoms in total. The van der Waals surface area contributed by atoms with Crippen LogP contribution in [0.3, 0.4) is 0 Å². The Morgan fingerprint density at radius 3 is 2.58 bits per heavy atom. The highest BCUT2D eigenvalue weighted by Gasteiger charge is 2.22. The number of nitrogens with one attached hydrogen (secondary N) is 1. The predicted octanol–water partition coefficient (Wildman–Crippen LogP) is 1.31. The van der Waals surface area contributed by atoms with Crippen molar-refractivity contribution in [2.45, 2.75) is 32.5 Å². The molecule has 1 N–H and O–H groups in total. The maximum Gasteiger partial charge on any atom is 0.280 e. The summed E-state index contributed by atoms with van der Waals surface area (Å²) in [5, 5.41) is 4.09. The van der Waals surface area contributed by atoms with Crippen molar-refractivity contribution in [1.82, 2.24) is 24.4 Å². The number of nitrogens with zero attached hydrogens (tertiary/aromatic N) is 5. The van der Waals surface area contributed by atoms with Gasteiger partial charge >= 0.3 is 0 Å². The molecule has 132 valence electrons. The summed E-state index contributed by atoms with van der Waals surface area (Å²) < 4.78 is 3.66. The zero-order valence-electron chi connectivity index (χ0n) is 14.9. The van der Waals surface area contributed by atoms with Gasteiger partial charge in [0.05, 0.1) is 0 Å². The van der Waals surface area contributed by atoms with E-state index in [0.717, 1.165) is 43.0 Å². The van der Waals surface area contributed by atoms with Gasteiger partial charge < -0.3 is 14.8 Å². The molecule has 2 aromatic rings. The highest BCUT2D eigenvalue weighted by Crippen LogP contribution is 2.23. The van der Waals surface area contributed by atoms with Crippen LogP contribution in [0.5, 0.6) is 0 Å². The van der Waals surface area contributed by atoms with E-state index >= 15 is 0 Å². The molecule has 0 unspecified atom stereocenters. The minimum atomic E-state index is -0.0120. The second-order valence-electron chi connectivity index (χ2n) is 6.53. The number of rotatable bonds is 5. The summed E-state index contributed by atoms with van der Waals surface area (Å²) in [5.74, 6) is 2.35. The van der Waals surface area contributed by atoms with E-state index in [0.29, 0.717) is 23.6 Å². The van der Waals surface area contributed by atoms with E-state index < -0.39 is 0 Å². The lowest BCUT2D eigenvalue weighted by atomic mass is 10.3. The number of piperazine rings is 1. The number of hydrogen-bond acceptors (Lipinski definition) is 6. The highest BCUT2D eigenvalue weighted by molar-refractivity contribution is 7.99. The quantitative estimate of drug-likeness (QED) is 0.648. The Labute approximate surface area is 146 Å². The number of fused-ring (bicyclic) bond motifs is 1. The maximum absolute atomic E-state index is 12.9. The fraction of sp³-hybridized carbons (Fsp3) is 0.688. The van der Waals surface area contributed by atoms with Crippen LogP contribution < -0.4 is 15.8 Å². The monoisotopic (exact) mass is 350 g/mol. The lowest BCUT2D eigenvalue weighted by Gasteiger charge is -2.28. The Bertz CT molecular complexity index is 775. The first kappa shape index (κ1) is 17.3. The van der Waals surface area contributed by atoms with Gasteiger partial charge in [-0.25, -0.2) is 4.98 Å². The number of hydrogen-bond donors (Lipinski definition) is 1. The second-order valence-corrected chi connectivity index (χ2v) is 7.52. The van der Waals surface area contributed by atoms with Crippen LogP contribution in [0, 0.1) is 5.92 Å². The van der Waals surface area contributed by atoms with Crippen molar-refractivity contribution < 1.29 is 0 Å². The Balaban J connectivity index is 2.09. The van der Waals surface area contributed by atoms with Crippen LogP contribution in [0.1, 0.15) is 20.8 Å².